The molecule has 1 aliphatic rings. The molecule has 2 atom stereocenters. The molecule has 0 aromatic carbocycles. The van der Waals surface area contributed by atoms with Crippen molar-refractivity contribution in [3.63, 3.8) is 0 Å². The average molecular weight is 242 g/mol. The van der Waals surface area contributed by atoms with E-state index >= 15 is 0 Å². The molecule has 4 heteroatoms. The normalized spacial score (nSPS) is 24.7. The van der Waals surface area contributed by atoms with Crippen molar-refractivity contribution >= 4 is 6.09 Å². The highest BCUT2D eigenvalue weighted by molar-refractivity contribution is 5.68. The van der Waals surface area contributed by atoms with Gasteiger partial charge in [0.25, 0.3) is 0 Å². The predicted octanol–water partition coefficient (Wildman–Crippen LogP) is 2.29. The lowest BCUT2D eigenvalue weighted by Gasteiger charge is -2.24. The third-order valence-corrected chi connectivity index (χ3v) is 3.13. The maximum atomic E-state index is 11.7. The second-order valence-electron chi connectivity index (χ2n) is 5.84. The molecule has 4 nitrogen and oxygen atoms in total. The molecule has 0 aromatic rings. The van der Waals surface area contributed by atoms with E-state index in [1.165, 1.54) is 12.8 Å². The molecule has 0 bridgehead atoms. The summed E-state index contributed by atoms with van der Waals surface area (Å²) in [6.07, 6.45) is 4.33. The van der Waals surface area contributed by atoms with E-state index in [0.29, 0.717) is 5.92 Å². The van der Waals surface area contributed by atoms with Crippen molar-refractivity contribution in [2.75, 3.05) is 13.6 Å². The average Bonchev–Trinajstić information content (AvgIpc) is 2.59. The third-order valence-electron chi connectivity index (χ3n) is 3.13. The summed E-state index contributed by atoms with van der Waals surface area (Å²) < 4.78 is 5.29. The number of hydrogen-bond acceptors (Lipinski definition) is 3. The van der Waals surface area contributed by atoms with E-state index in [0.717, 1.165) is 19.4 Å². The molecule has 100 valence electrons. The van der Waals surface area contributed by atoms with Crippen molar-refractivity contribution in [3.05, 3.63) is 0 Å². The summed E-state index contributed by atoms with van der Waals surface area (Å²) in [5.41, 5.74) is -0.414. The Morgan fingerprint density at radius 3 is 2.65 bits per heavy atom. The van der Waals surface area contributed by atoms with Crippen molar-refractivity contribution in [1.82, 2.24) is 10.6 Å². The first-order chi connectivity index (χ1) is 7.92. The molecular formula is C13H26N2O2. The molecule has 1 saturated carbocycles. The molecule has 0 saturated heterocycles. The maximum absolute atomic E-state index is 11.7. The Hall–Kier alpha value is -0.770. The lowest BCUT2D eigenvalue weighted by Crippen LogP contribution is -2.41. The number of rotatable bonds is 4. The second kappa shape index (κ2) is 6.24. The number of carbonyl (C=O) groups is 1. The molecule has 2 N–H and O–H groups in total. The lowest BCUT2D eigenvalue weighted by molar-refractivity contribution is 0.0492. The third kappa shape index (κ3) is 5.39. The molecule has 0 radical (unpaired) electrons. The van der Waals surface area contributed by atoms with Crippen LogP contribution in [0, 0.1) is 5.92 Å². The number of ether oxygens (including phenoxy) is 1. The monoisotopic (exact) mass is 242 g/mol. The van der Waals surface area contributed by atoms with Crippen LogP contribution < -0.4 is 10.6 Å². The van der Waals surface area contributed by atoms with Crippen LogP contribution in [0.4, 0.5) is 4.79 Å². The second-order valence-corrected chi connectivity index (χ2v) is 5.84. The Balaban J connectivity index is 2.36. The SMILES string of the molecule is CNCC[C@@H]1CCC[C@H]1NC(=O)OC(C)(C)C. The number of nitrogens with one attached hydrogen (secondary N) is 2. The Labute approximate surface area is 104 Å². The van der Waals surface area contributed by atoms with E-state index < -0.39 is 5.60 Å². The largest absolute Gasteiger partial charge is 0.444 e. The summed E-state index contributed by atoms with van der Waals surface area (Å²) in [5, 5.41) is 6.17. The van der Waals surface area contributed by atoms with E-state index in [1.807, 2.05) is 27.8 Å². The minimum atomic E-state index is -0.414. The quantitative estimate of drug-likeness (QED) is 0.795. The number of amides is 1. The highest BCUT2D eigenvalue weighted by Gasteiger charge is 2.29. The lowest BCUT2D eigenvalue weighted by atomic mass is 10.00. The van der Waals surface area contributed by atoms with Gasteiger partial charge in [-0.3, -0.25) is 0 Å². The molecule has 0 spiro atoms. The van der Waals surface area contributed by atoms with E-state index in [2.05, 4.69) is 10.6 Å². The van der Waals surface area contributed by atoms with Gasteiger partial charge in [0.1, 0.15) is 5.60 Å². The van der Waals surface area contributed by atoms with Crippen LogP contribution in [0.1, 0.15) is 46.5 Å². The van der Waals surface area contributed by atoms with Gasteiger partial charge in [-0.05, 0) is 59.5 Å². The van der Waals surface area contributed by atoms with Gasteiger partial charge in [0.2, 0.25) is 0 Å². The molecular weight excluding hydrogens is 216 g/mol. The number of alkyl carbamates (subject to hydrolysis) is 1. The molecule has 1 aliphatic carbocycles. The van der Waals surface area contributed by atoms with Crippen LogP contribution in [0.25, 0.3) is 0 Å². The van der Waals surface area contributed by atoms with Crippen molar-refractivity contribution in [3.8, 4) is 0 Å². The fraction of sp³-hybridized carbons (Fsp3) is 0.923. The zero-order valence-electron chi connectivity index (χ0n) is 11.5. The molecule has 1 amide bonds. The number of carbonyl (C=O) groups excluding carboxylic acids is 1. The first kappa shape index (κ1) is 14.3. The van der Waals surface area contributed by atoms with Gasteiger partial charge in [-0.2, -0.15) is 0 Å². The first-order valence-electron chi connectivity index (χ1n) is 6.56. The Morgan fingerprint density at radius 1 is 1.35 bits per heavy atom. The van der Waals surface area contributed by atoms with Gasteiger partial charge in [0, 0.05) is 6.04 Å². The van der Waals surface area contributed by atoms with E-state index in [1.54, 1.807) is 0 Å². The zero-order valence-corrected chi connectivity index (χ0v) is 11.5. The molecule has 0 aliphatic heterocycles. The van der Waals surface area contributed by atoms with E-state index in [-0.39, 0.29) is 12.1 Å². The number of hydrogen-bond donors (Lipinski definition) is 2. The van der Waals surface area contributed by atoms with Crippen LogP contribution >= 0.6 is 0 Å². The Morgan fingerprint density at radius 2 is 2.06 bits per heavy atom. The fourth-order valence-electron chi connectivity index (χ4n) is 2.36. The van der Waals surface area contributed by atoms with Crippen molar-refractivity contribution in [2.45, 2.75) is 58.1 Å². The van der Waals surface area contributed by atoms with Crippen molar-refractivity contribution in [2.24, 2.45) is 5.92 Å². The summed E-state index contributed by atoms with van der Waals surface area (Å²) in [4.78, 5) is 11.7. The van der Waals surface area contributed by atoms with Crippen molar-refractivity contribution < 1.29 is 9.53 Å². The highest BCUT2D eigenvalue weighted by atomic mass is 16.6. The summed E-state index contributed by atoms with van der Waals surface area (Å²) >= 11 is 0. The summed E-state index contributed by atoms with van der Waals surface area (Å²) in [6.45, 7) is 6.68. The van der Waals surface area contributed by atoms with Gasteiger partial charge in [-0.1, -0.05) is 6.42 Å². The molecule has 17 heavy (non-hydrogen) atoms. The van der Waals surface area contributed by atoms with Gasteiger partial charge in [-0.25, -0.2) is 4.79 Å². The van der Waals surface area contributed by atoms with Gasteiger partial charge >= 0.3 is 6.09 Å². The van der Waals surface area contributed by atoms with Crippen LogP contribution in [-0.2, 0) is 4.74 Å². The van der Waals surface area contributed by atoms with Crippen molar-refractivity contribution in [1.29, 1.82) is 0 Å². The zero-order chi connectivity index (χ0) is 12.9. The topological polar surface area (TPSA) is 50.4 Å². The van der Waals surface area contributed by atoms with Crippen LogP contribution in [0.3, 0.4) is 0 Å². The Bertz CT molecular complexity index is 248. The standard InChI is InChI=1S/C13H26N2O2/c1-13(2,3)17-12(16)15-11-7-5-6-10(11)8-9-14-4/h10-11,14H,5-9H2,1-4H3,(H,15,16)/t10-,11+/m0/s1. The molecule has 1 rings (SSSR count). The molecule has 0 unspecified atom stereocenters. The van der Waals surface area contributed by atoms with E-state index in [4.69, 9.17) is 4.74 Å². The maximum Gasteiger partial charge on any atom is 0.407 e. The smallest absolute Gasteiger partial charge is 0.407 e. The molecule has 0 heterocycles. The van der Waals surface area contributed by atoms with Gasteiger partial charge < -0.3 is 15.4 Å². The first-order valence-corrected chi connectivity index (χ1v) is 6.56. The van der Waals surface area contributed by atoms with Gasteiger partial charge in [0.15, 0.2) is 0 Å². The molecule has 1 fully saturated rings. The van der Waals surface area contributed by atoms with Crippen LogP contribution in [0.2, 0.25) is 0 Å². The summed E-state index contributed by atoms with van der Waals surface area (Å²) in [5.74, 6) is 0.593. The van der Waals surface area contributed by atoms with Gasteiger partial charge in [0.05, 0.1) is 0 Å². The van der Waals surface area contributed by atoms with E-state index in [9.17, 15) is 4.79 Å². The fourth-order valence-corrected chi connectivity index (χ4v) is 2.36. The minimum Gasteiger partial charge on any atom is -0.444 e. The predicted molar refractivity (Wildman–Crippen MR) is 69.0 cm³/mol. The van der Waals surface area contributed by atoms with Crippen LogP contribution in [0.15, 0.2) is 0 Å². The molecule has 0 aromatic heterocycles. The highest BCUT2D eigenvalue weighted by Crippen LogP contribution is 2.28. The summed E-state index contributed by atoms with van der Waals surface area (Å²) in [6, 6.07) is 0.290. The van der Waals surface area contributed by atoms with Crippen LogP contribution in [-0.4, -0.2) is 31.3 Å². The summed E-state index contributed by atoms with van der Waals surface area (Å²) in [7, 11) is 1.96. The van der Waals surface area contributed by atoms with Gasteiger partial charge in [-0.15, -0.1) is 0 Å². The minimum absolute atomic E-state index is 0.279. The van der Waals surface area contributed by atoms with Crippen LogP contribution in [0.5, 0.6) is 0 Å². The Kier molecular flexibility index (Phi) is 5.25.